The normalized spacial score (nSPS) is 10.7. The fourth-order valence-electron chi connectivity index (χ4n) is 1.08. The van der Waals surface area contributed by atoms with Gasteiger partial charge in [0.25, 0.3) is 0 Å². The molecule has 0 amide bonds. The quantitative estimate of drug-likeness (QED) is 0.925. The Balaban J connectivity index is 2.23. The summed E-state index contributed by atoms with van der Waals surface area (Å²) in [5.41, 5.74) is 5.60. The van der Waals surface area contributed by atoms with Gasteiger partial charge in [-0.1, -0.05) is 11.6 Å². The van der Waals surface area contributed by atoms with Crippen LogP contribution in [0.1, 0.15) is 4.88 Å². The van der Waals surface area contributed by atoms with E-state index in [1.807, 2.05) is 17.6 Å². The zero-order valence-corrected chi connectivity index (χ0v) is 10.2. The van der Waals surface area contributed by atoms with Crippen molar-refractivity contribution in [2.45, 2.75) is 6.54 Å². The predicted molar refractivity (Wildman–Crippen MR) is 62.8 cm³/mol. The van der Waals surface area contributed by atoms with Gasteiger partial charge < -0.3 is 5.73 Å². The Kier molecular flexibility index (Phi) is 2.80. The number of thiophene rings is 1. The molecule has 0 atom stereocenters. The average molecular weight is 293 g/mol. The van der Waals surface area contributed by atoms with Gasteiger partial charge in [-0.15, -0.1) is 11.3 Å². The second-order valence-electron chi connectivity index (χ2n) is 2.75. The Morgan fingerprint density at radius 1 is 1.64 bits per heavy atom. The molecular formula is C8H7BrClN3S. The number of aromatic nitrogens is 2. The Morgan fingerprint density at radius 2 is 2.43 bits per heavy atom. The highest BCUT2D eigenvalue weighted by Crippen LogP contribution is 2.24. The van der Waals surface area contributed by atoms with Crippen LogP contribution in [0.5, 0.6) is 0 Å². The van der Waals surface area contributed by atoms with Crippen LogP contribution in [-0.2, 0) is 6.54 Å². The van der Waals surface area contributed by atoms with Gasteiger partial charge in [-0.05, 0) is 27.4 Å². The van der Waals surface area contributed by atoms with Crippen LogP contribution in [0.3, 0.4) is 0 Å². The molecule has 2 rings (SSSR count). The van der Waals surface area contributed by atoms with Crippen LogP contribution in [0.2, 0.25) is 5.02 Å². The van der Waals surface area contributed by atoms with E-state index < -0.39 is 0 Å². The molecule has 2 aromatic rings. The molecule has 0 aromatic carbocycles. The number of hydrogen-bond donors (Lipinski definition) is 1. The Bertz CT molecular complexity index is 432. The third kappa shape index (κ3) is 1.94. The van der Waals surface area contributed by atoms with Gasteiger partial charge in [0.1, 0.15) is 0 Å². The lowest BCUT2D eigenvalue weighted by Gasteiger charge is -1.98. The number of halogens is 2. The fraction of sp³-hybridized carbons (Fsp3) is 0.125. The summed E-state index contributed by atoms with van der Waals surface area (Å²) in [6, 6.07) is 1.88. The van der Waals surface area contributed by atoms with Crippen LogP contribution in [0, 0.1) is 0 Å². The maximum absolute atomic E-state index is 5.96. The summed E-state index contributed by atoms with van der Waals surface area (Å²) in [5, 5.41) is 6.86. The SMILES string of the molecule is Nc1nn(Cc2sccc2Cl)cc1Br. The fourth-order valence-corrected chi connectivity index (χ4v) is 2.48. The molecule has 0 saturated carbocycles. The summed E-state index contributed by atoms with van der Waals surface area (Å²) in [5.74, 6) is 0.498. The van der Waals surface area contributed by atoms with Crippen LogP contribution in [-0.4, -0.2) is 9.78 Å². The van der Waals surface area contributed by atoms with Crippen molar-refractivity contribution < 1.29 is 0 Å². The van der Waals surface area contributed by atoms with E-state index in [1.165, 1.54) is 0 Å². The highest BCUT2D eigenvalue weighted by atomic mass is 79.9. The first-order valence-electron chi connectivity index (χ1n) is 3.87. The third-order valence-electron chi connectivity index (χ3n) is 1.74. The molecule has 0 saturated heterocycles. The maximum Gasteiger partial charge on any atom is 0.159 e. The second-order valence-corrected chi connectivity index (χ2v) is 5.01. The monoisotopic (exact) mass is 291 g/mol. The topological polar surface area (TPSA) is 43.8 Å². The molecule has 0 fully saturated rings. The van der Waals surface area contributed by atoms with E-state index in [9.17, 15) is 0 Å². The van der Waals surface area contributed by atoms with Gasteiger partial charge in [-0.25, -0.2) is 0 Å². The Labute approximate surface area is 98.6 Å². The summed E-state index contributed by atoms with van der Waals surface area (Å²) in [6.07, 6.45) is 1.84. The van der Waals surface area contributed by atoms with Gasteiger partial charge in [0.2, 0.25) is 0 Å². The summed E-state index contributed by atoms with van der Waals surface area (Å²) >= 11 is 10.9. The molecule has 3 nitrogen and oxygen atoms in total. The molecule has 0 aliphatic carbocycles. The van der Waals surface area contributed by atoms with Gasteiger partial charge in [0, 0.05) is 11.1 Å². The predicted octanol–water partition coefficient (Wildman–Crippen LogP) is 2.99. The van der Waals surface area contributed by atoms with Crippen LogP contribution in [0.4, 0.5) is 5.82 Å². The summed E-state index contributed by atoms with van der Waals surface area (Å²) in [4.78, 5) is 1.08. The third-order valence-corrected chi connectivity index (χ3v) is 3.72. The zero-order valence-electron chi connectivity index (χ0n) is 7.08. The summed E-state index contributed by atoms with van der Waals surface area (Å²) in [6.45, 7) is 0.659. The molecule has 0 unspecified atom stereocenters. The van der Waals surface area contributed by atoms with Gasteiger partial charge in [0.15, 0.2) is 5.82 Å². The number of nitrogen functional groups attached to an aromatic ring is 1. The molecular weight excluding hydrogens is 286 g/mol. The molecule has 0 bridgehead atoms. The van der Waals surface area contributed by atoms with Crippen molar-refractivity contribution in [1.82, 2.24) is 9.78 Å². The molecule has 0 spiro atoms. The van der Waals surface area contributed by atoms with E-state index in [0.717, 1.165) is 14.4 Å². The van der Waals surface area contributed by atoms with Crippen molar-refractivity contribution in [3.05, 3.63) is 32.0 Å². The number of nitrogens with zero attached hydrogens (tertiary/aromatic N) is 2. The molecule has 74 valence electrons. The minimum Gasteiger partial charge on any atom is -0.381 e. The van der Waals surface area contributed by atoms with E-state index in [1.54, 1.807) is 16.0 Å². The average Bonchev–Trinajstić information content (AvgIpc) is 2.63. The maximum atomic E-state index is 5.96. The van der Waals surface area contributed by atoms with Crippen molar-refractivity contribution in [2.24, 2.45) is 0 Å². The van der Waals surface area contributed by atoms with Crippen molar-refractivity contribution in [3.8, 4) is 0 Å². The molecule has 2 aromatic heterocycles. The number of nitrogens with two attached hydrogens (primary N) is 1. The van der Waals surface area contributed by atoms with E-state index in [0.29, 0.717) is 12.4 Å². The first-order valence-corrected chi connectivity index (χ1v) is 5.92. The van der Waals surface area contributed by atoms with Gasteiger partial charge in [-0.3, -0.25) is 4.68 Å². The first-order chi connectivity index (χ1) is 6.66. The van der Waals surface area contributed by atoms with E-state index in [4.69, 9.17) is 17.3 Å². The van der Waals surface area contributed by atoms with Crippen molar-refractivity contribution >= 4 is 44.7 Å². The Morgan fingerprint density at radius 3 is 2.93 bits per heavy atom. The molecule has 2 heterocycles. The lowest BCUT2D eigenvalue weighted by molar-refractivity contribution is 0.698. The van der Waals surface area contributed by atoms with Crippen LogP contribution in [0.25, 0.3) is 0 Å². The van der Waals surface area contributed by atoms with Crippen LogP contribution in [0.15, 0.2) is 22.1 Å². The van der Waals surface area contributed by atoms with E-state index >= 15 is 0 Å². The minimum absolute atomic E-state index is 0.498. The highest BCUT2D eigenvalue weighted by Gasteiger charge is 2.06. The molecule has 0 radical (unpaired) electrons. The van der Waals surface area contributed by atoms with Crippen molar-refractivity contribution in [3.63, 3.8) is 0 Å². The lowest BCUT2D eigenvalue weighted by atomic mass is 10.4. The van der Waals surface area contributed by atoms with Gasteiger partial charge in [-0.2, -0.15) is 5.10 Å². The number of rotatable bonds is 2. The standard InChI is InChI=1S/C8H7BrClN3S/c9-5-3-13(12-8(5)11)4-7-6(10)1-2-14-7/h1-3H,4H2,(H2,11,12). The molecule has 6 heteroatoms. The van der Waals surface area contributed by atoms with Gasteiger partial charge >= 0.3 is 0 Å². The van der Waals surface area contributed by atoms with Crippen LogP contribution >= 0.6 is 38.9 Å². The summed E-state index contributed by atoms with van der Waals surface area (Å²) < 4.78 is 2.57. The second kappa shape index (κ2) is 3.92. The summed E-state index contributed by atoms with van der Waals surface area (Å²) in [7, 11) is 0. The van der Waals surface area contributed by atoms with Crippen molar-refractivity contribution in [1.29, 1.82) is 0 Å². The van der Waals surface area contributed by atoms with Gasteiger partial charge in [0.05, 0.1) is 16.0 Å². The lowest BCUT2D eigenvalue weighted by Crippen LogP contribution is -1.99. The Hall–Kier alpha value is -0.520. The van der Waals surface area contributed by atoms with E-state index in [-0.39, 0.29) is 0 Å². The minimum atomic E-state index is 0.498. The molecule has 0 aliphatic rings. The van der Waals surface area contributed by atoms with Crippen LogP contribution < -0.4 is 5.73 Å². The zero-order chi connectivity index (χ0) is 10.1. The molecule has 2 N–H and O–H groups in total. The smallest absolute Gasteiger partial charge is 0.159 e. The number of hydrogen-bond acceptors (Lipinski definition) is 3. The van der Waals surface area contributed by atoms with E-state index in [2.05, 4.69) is 21.0 Å². The highest BCUT2D eigenvalue weighted by molar-refractivity contribution is 9.10. The first kappa shape index (κ1) is 10.0. The molecule has 14 heavy (non-hydrogen) atoms. The number of anilines is 1. The van der Waals surface area contributed by atoms with Crippen molar-refractivity contribution in [2.75, 3.05) is 5.73 Å². The largest absolute Gasteiger partial charge is 0.381 e. The molecule has 0 aliphatic heterocycles.